The molecule has 20 heavy (non-hydrogen) atoms. The van der Waals surface area contributed by atoms with Crippen LogP contribution in [0.4, 0.5) is 10.5 Å². The maximum Gasteiger partial charge on any atom is 0.319 e. The largest absolute Gasteiger partial charge is 0.389 e. The molecule has 1 atom stereocenters. The summed E-state index contributed by atoms with van der Waals surface area (Å²) in [5.74, 6) is 0.323. The Morgan fingerprint density at radius 1 is 1.40 bits per heavy atom. The molecule has 5 nitrogen and oxygen atoms in total. The third-order valence-corrected chi connectivity index (χ3v) is 3.02. The normalized spacial score (nSPS) is 12.3. The zero-order valence-corrected chi connectivity index (χ0v) is 12.6. The van der Waals surface area contributed by atoms with E-state index in [1.54, 1.807) is 0 Å². The second kappa shape index (κ2) is 7.87. The molecule has 3 N–H and O–H groups in total. The van der Waals surface area contributed by atoms with Crippen molar-refractivity contribution in [2.45, 2.75) is 32.8 Å². The molecule has 0 aliphatic heterocycles. The number of methoxy groups -OCH3 is 1. The Kier molecular flexibility index (Phi) is 6.48. The van der Waals surface area contributed by atoms with Gasteiger partial charge in [0.15, 0.2) is 0 Å². The van der Waals surface area contributed by atoms with Crippen molar-refractivity contribution in [2.24, 2.45) is 0 Å². The Bertz CT molecular complexity index is 447. The zero-order valence-electron chi connectivity index (χ0n) is 12.6. The predicted molar refractivity (Wildman–Crippen MR) is 80.2 cm³/mol. The number of benzene rings is 1. The van der Waals surface area contributed by atoms with Gasteiger partial charge in [-0.1, -0.05) is 32.0 Å². The Labute approximate surface area is 120 Å². The highest BCUT2D eigenvalue weighted by Crippen LogP contribution is 2.27. The van der Waals surface area contributed by atoms with Gasteiger partial charge in [-0.3, -0.25) is 0 Å². The molecule has 0 fully saturated rings. The van der Waals surface area contributed by atoms with Gasteiger partial charge in [0.1, 0.15) is 0 Å². The lowest BCUT2D eigenvalue weighted by atomic mass is 9.98. The Morgan fingerprint density at radius 2 is 2.10 bits per heavy atom. The minimum absolute atomic E-state index is 0.155. The SMILES string of the molecule is COCC(O)CNC(=O)Nc1c(C)cccc1C(C)C. The molecule has 0 spiro atoms. The van der Waals surface area contributed by atoms with Crippen LogP contribution in [0.15, 0.2) is 18.2 Å². The van der Waals surface area contributed by atoms with Crippen LogP contribution in [-0.4, -0.2) is 37.5 Å². The average Bonchev–Trinajstić information content (AvgIpc) is 2.39. The van der Waals surface area contributed by atoms with E-state index in [0.717, 1.165) is 16.8 Å². The van der Waals surface area contributed by atoms with Crippen molar-refractivity contribution < 1.29 is 14.6 Å². The highest BCUT2D eigenvalue weighted by atomic mass is 16.5. The first-order chi connectivity index (χ1) is 9.45. The Hall–Kier alpha value is -1.59. The standard InChI is InChI=1S/C15H24N2O3/c1-10(2)13-7-5-6-11(3)14(13)17-15(19)16-8-12(18)9-20-4/h5-7,10,12,18H,8-9H2,1-4H3,(H2,16,17,19). The van der Waals surface area contributed by atoms with Gasteiger partial charge in [0, 0.05) is 19.3 Å². The summed E-state index contributed by atoms with van der Waals surface area (Å²) in [5, 5.41) is 15.0. The first kappa shape index (κ1) is 16.5. The highest BCUT2D eigenvalue weighted by molar-refractivity contribution is 5.91. The number of urea groups is 1. The van der Waals surface area contributed by atoms with E-state index < -0.39 is 6.10 Å². The predicted octanol–water partition coefficient (Wildman–Crippen LogP) is 2.25. The number of aliphatic hydroxyl groups is 1. The van der Waals surface area contributed by atoms with Gasteiger partial charge in [-0.2, -0.15) is 0 Å². The summed E-state index contributed by atoms with van der Waals surface area (Å²) in [6.45, 7) is 6.48. The minimum Gasteiger partial charge on any atom is -0.389 e. The van der Waals surface area contributed by atoms with Crippen molar-refractivity contribution in [3.8, 4) is 0 Å². The number of para-hydroxylation sites is 1. The molecule has 2 amide bonds. The summed E-state index contributed by atoms with van der Waals surface area (Å²) in [6, 6.07) is 5.63. The van der Waals surface area contributed by atoms with Gasteiger partial charge in [-0.15, -0.1) is 0 Å². The van der Waals surface area contributed by atoms with Crippen LogP contribution in [0, 0.1) is 6.92 Å². The second-order valence-corrected chi connectivity index (χ2v) is 5.14. The third kappa shape index (κ3) is 4.83. The number of carbonyl (C=O) groups is 1. The van der Waals surface area contributed by atoms with Crippen molar-refractivity contribution in [3.63, 3.8) is 0 Å². The summed E-state index contributed by atoms with van der Waals surface area (Å²) in [7, 11) is 1.51. The number of aryl methyl sites for hydroxylation is 1. The average molecular weight is 280 g/mol. The van der Waals surface area contributed by atoms with Crippen LogP contribution < -0.4 is 10.6 Å². The topological polar surface area (TPSA) is 70.6 Å². The van der Waals surface area contributed by atoms with Gasteiger partial charge in [-0.25, -0.2) is 4.79 Å². The van der Waals surface area contributed by atoms with Crippen LogP contribution in [0.25, 0.3) is 0 Å². The maximum absolute atomic E-state index is 11.9. The smallest absolute Gasteiger partial charge is 0.319 e. The molecule has 0 radical (unpaired) electrons. The van der Waals surface area contributed by atoms with E-state index in [4.69, 9.17) is 4.74 Å². The van der Waals surface area contributed by atoms with Crippen molar-refractivity contribution in [1.29, 1.82) is 0 Å². The first-order valence-corrected chi connectivity index (χ1v) is 6.77. The van der Waals surface area contributed by atoms with Gasteiger partial charge < -0.3 is 20.5 Å². The van der Waals surface area contributed by atoms with Crippen LogP contribution in [0.1, 0.15) is 30.9 Å². The Balaban J connectivity index is 2.66. The second-order valence-electron chi connectivity index (χ2n) is 5.14. The molecule has 0 aromatic heterocycles. The monoisotopic (exact) mass is 280 g/mol. The lowest BCUT2D eigenvalue weighted by molar-refractivity contribution is 0.0663. The first-order valence-electron chi connectivity index (χ1n) is 6.77. The number of nitrogens with one attached hydrogen (secondary N) is 2. The van der Waals surface area contributed by atoms with Crippen LogP contribution in [-0.2, 0) is 4.74 Å². The van der Waals surface area contributed by atoms with E-state index in [1.807, 2.05) is 25.1 Å². The summed E-state index contributed by atoms with van der Waals surface area (Å²) in [6.07, 6.45) is -0.702. The number of hydrogen-bond donors (Lipinski definition) is 3. The molecule has 0 saturated carbocycles. The fraction of sp³-hybridized carbons (Fsp3) is 0.533. The molecule has 0 aliphatic carbocycles. The van der Waals surface area contributed by atoms with Gasteiger partial charge in [-0.05, 0) is 24.0 Å². The van der Waals surface area contributed by atoms with Gasteiger partial charge in [0.05, 0.1) is 12.7 Å². The summed E-state index contributed by atoms with van der Waals surface area (Å²) >= 11 is 0. The van der Waals surface area contributed by atoms with Crippen molar-refractivity contribution in [1.82, 2.24) is 5.32 Å². The molecule has 0 saturated heterocycles. The lowest BCUT2D eigenvalue weighted by Crippen LogP contribution is -2.37. The highest BCUT2D eigenvalue weighted by Gasteiger charge is 2.12. The quantitative estimate of drug-likeness (QED) is 0.748. The van der Waals surface area contributed by atoms with Crippen LogP contribution in [0.3, 0.4) is 0 Å². The van der Waals surface area contributed by atoms with Gasteiger partial charge in [0.25, 0.3) is 0 Å². The lowest BCUT2D eigenvalue weighted by Gasteiger charge is -2.17. The van der Waals surface area contributed by atoms with Crippen LogP contribution in [0.5, 0.6) is 0 Å². The number of amides is 2. The Morgan fingerprint density at radius 3 is 2.70 bits per heavy atom. The van der Waals surface area contributed by atoms with E-state index >= 15 is 0 Å². The van der Waals surface area contributed by atoms with E-state index in [9.17, 15) is 9.90 Å². The van der Waals surface area contributed by atoms with Crippen molar-refractivity contribution in [2.75, 3.05) is 25.6 Å². The van der Waals surface area contributed by atoms with E-state index in [2.05, 4.69) is 24.5 Å². The number of carbonyl (C=O) groups excluding carboxylic acids is 1. The van der Waals surface area contributed by atoms with Crippen LogP contribution >= 0.6 is 0 Å². The molecule has 0 bridgehead atoms. The molecule has 1 rings (SSSR count). The summed E-state index contributed by atoms with van der Waals surface area (Å²) in [5.41, 5.74) is 2.95. The molecule has 1 aromatic carbocycles. The number of ether oxygens (including phenoxy) is 1. The molecule has 0 heterocycles. The van der Waals surface area contributed by atoms with Crippen molar-refractivity contribution in [3.05, 3.63) is 29.3 Å². The molecular weight excluding hydrogens is 256 g/mol. The summed E-state index contributed by atoms with van der Waals surface area (Å²) < 4.78 is 4.80. The third-order valence-electron chi connectivity index (χ3n) is 3.02. The summed E-state index contributed by atoms with van der Waals surface area (Å²) in [4.78, 5) is 11.9. The molecule has 112 valence electrons. The van der Waals surface area contributed by atoms with Crippen LogP contribution in [0.2, 0.25) is 0 Å². The van der Waals surface area contributed by atoms with E-state index in [0.29, 0.717) is 5.92 Å². The molecule has 1 aromatic rings. The molecular formula is C15H24N2O3. The molecule has 1 unspecified atom stereocenters. The number of aliphatic hydroxyl groups excluding tert-OH is 1. The van der Waals surface area contributed by atoms with E-state index in [-0.39, 0.29) is 19.2 Å². The zero-order chi connectivity index (χ0) is 15.1. The minimum atomic E-state index is -0.702. The number of hydrogen-bond acceptors (Lipinski definition) is 3. The van der Waals surface area contributed by atoms with Gasteiger partial charge in [0.2, 0.25) is 0 Å². The maximum atomic E-state index is 11.9. The number of anilines is 1. The number of rotatable bonds is 6. The fourth-order valence-corrected chi connectivity index (χ4v) is 1.96. The molecule has 5 heteroatoms. The molecule has 0 aliphatic rings. The van der Waals surface area contributed by atoms with Gasteiger partial charge >= 0.3 is 6.03 Å². The van der Waals surface area contributed by atoms with Crippen molar-refractivity contribution >= 4 is 11.7 Å². The van der Waals surface area contributed by atoms with E-state index in [1.165, 1.54) is 7.11 Å². The fourth-order valence-electron chi connectivity index (χ4n) is 1.96.